The van der Waals surface area contributed by atoms with Crippen LogP contribution in [0.1, 0.15) is 59.3 Å². The summed E-state index contributed by atoms with van der Waals surface area (Å²) < 4.78 is 11.7. The second kappa shape index (κ2) is 9.22. The highest BCUT2D eigenvalue weighted by atomic mass is 79.9. The zero-order valence-electron chi connectivity index (χ0n) is 19.1. The Hall–Kier alpha value is -1.19. The number of nitrogens with one attached hydrogen (secondary N) is 1. The van der Waals surface area contributed by atoms with Crippen LogP contribution in [-0.2, 0) is 23.9 Å². The van der Waals surface area contributed by atoms with Gasteiger partial charge in [0, 0.05) is 10.9 Å². The molecule has 1 spiro atoms. The van der Waals surface area contributed by atoms with E-state index in [-0.39, 0.29) is 41.8 Å². The largest absolute Gasteiger partial charge is 0.466 e. The van der Waals surface area contributed by atoms with Crippen molar-refractivity contribution >= 4 is 33.7 Å². The number of likely N-dealkylation sites (tertiary alicyclic amines) is 1. The van der Waals surface area contributed by atoms with Gasteiger partial charge in [0.2, 0.25) is 11.8 Å². The van der Waals surface area contributed by atoms with Gasteiger partial charge >= 0.3 is 5.97 Å². The van der Waals surface area contributed by atoms with Gasteiger partial charge in [0.25, 0.3) is 0 Å². The number of ether oxygens (including phenoxy) is 2. The Kier molecular flexibility index (Phi) is 6.90. The van der Waals surface area contributed by atoms with Gasteiger partial charge in [0.15, 0.2) is 0 Å². The van der Waals surface area contributed by atoms with E-state index in [1.807, 2.05) is 13.8 Å². The van der Waals surface area contributed by atoms with Crippen LogP contribution in [0.25, 0.3) is 0 Å². The van der Waals surface area contributed by atoms with Crippen molar-refractivity contribution in [2.24, 2.45) is 17.8 Å². The van der Waals surface area contributed by atoms with Gasteiger partial charge < -0.3 is 24.8 Å². The summed E-state index contributed by atoms with van der Waals surface area (Å²) in [7, 11) is 0. The van der Waals surface area contributed by atoms with Crippen LogP contribution in [0.3, 0.4) is 0 Å². The topological polar surface area (TPSA) is 105 Å². The Morgan fingerprint density at radius 2 is 2.00 bits per heavy atom. The van der Waals surface area contributed by atoms with Gasteiger partial charge in [-0.05, 0) is 32.1 Å². The molecule has 1 aliphatic carbocycles. The van der Waals surface area contributed by atoms with E-state index in [2.05, 4.69) is 21.2 Å². The van der Waals surface area contributed by atoms with Crippen LogP contribution in [0, 0.1) is 17.8 Å². The van der Waals surface area contributed by atoms with E-state index in [0.717, 1.165) is 25.7 Å². The first-order valence-electron chi connectivity index (χ1n) is 12.0. The van der Waals surface area contributed by atoms with E-state index < -0.39 is 41.6 Å². The molecule has 2 N–H and O–H groups in total. The quantitative estimate of drug-likeness (QED) is 0.396. The second-order valence-corrected chi connectivity index (χ2v) is 11.2. The number of aliphatic hydroxyl groups is 1. The van der Waals surface area contributed by atoms with Crippen LogP contribution in [-0.4, -0.2) is 75.7 Å². The summed E-state index contributed by atoms with van der Waals surface area (Å²) in [5.41, 5.74) is -1.10. The third-order valence-electron chi connectivity index (χ3n) is 7.80. The maximum atomic E-state index is 13.8. The monoisotopic (exact) mass is 514 g/mol. The molecule has 2 amide bonds. The molecular formula is C23H35BrN2O6. The molecule has 4 aliphatic rings. The fourth-order valence-electron chi connectivity index (χ4n) is 6.38. The Balaban J connectivity index is 1.73. The molecule has 1 unspecified atom stereocenters. The van der Waals surface area contributed by atoms with Crippen molar-refractivity contribution in [3.8, 4) is 0 Å². The van der Waals surface area contributed by atoms with Crippen LogP contribution in [0.4, 0.5) is 0 Å². The molecule has 0 aromatic carbocycles. The first-order chi connectivity index (χ1) is 15.3. The third kappa shape index (κ3) is 3.68. The Morgan fingerprint density at radius 1 is 1.31 bits per heavy atom. The predicted octanol–water partition coefficient (Wildman–Crippen LogP) is 1.76. The lowest BCUT2D eigenvalue weighted by Gasteiger charge is -2.39. The molecule has 3 saturated heterocycles. The molecule has 1 saturated carbocycles. The van der Waals surface area contributed by atoms with E-state index >= 15 is 0 Å². The van der Waals surface area contributed by atoms with Crippen molar-refractivity contribution in [1.29, 1.82) is 0 Å². The van der Waals surface area contributed by atoms with E-state index in [4.69, 9.17) is 9.47 Å². The molecule has 180 valence electrons. The Bertz CT molecular complexity index is 757. The molecule has 2 bridgehead atoms. The van der Waals surface area contributed by atoms with Gasteiger partial charge in [0.1, 0.15) is 11.6 Å². The zero-order valence-corrected chi connectivity index (χ0v) is 20.7. The smallest absolute Gasteiger partial charge is 0.312 e. The fourth-order valence-corrected chi connectivity index (χ4v) is 7.32. The second-order valence-electron chi connectivity index (χ2n) is 10.00. The van der Waals surface area contributed by atoms with Crippen molar-refractivity contribution in [2.45, 2.75) is 94.0 Å². The highest BCUT2D eigenvalue weighted by Gasteiger charge is 2.77. The molecule has 8 nitrogen and oxygen atoms in total. The first-order valence-corrected chi connectivity index (χ1v) is 12.9. The lowest BCUT2D eigenvalue weighted by atomic mass is 9.70. The highest BCUT2D eigenvalue weighted by Crippen LogP contribution is 2.60. The van der Waals surface area contributed by atoms with Gasteiger partial charge in [-0.2, -0.15) is 0 Å². The van der Waals surface area contributed by atoms with E-state index in [0.29, 0.717) is 6.42 Å². The van der Waals surface area contributed by atoms with Crippen LogP contribution >= 0.6 is 15.9 Å². The highest BCUT2D eigenvalue weighted by molar-refractivity contribution is 9.09. The maximum Gasteiger partial charge on any atom is 0.312 e. The summed E-state index contributed by atoms with van der Waals surface area (Å²) in [5.74, 6) is -2.60. The van der Waals surface area contributed by atoms with E-state index in [1.165, 1.54) is 11.3 Å². The predicted molar refractivity (Wildman–Crippen MR) is 120 cm³/mol. The minimum atomic E-state index is -1.10. The summed E-state index contributed by atoms with van der Waals surface area (Å²) in [5, 5.41) is 13.3. The van der Waals surface area contributed by atoms with Crippen molar-refractivity contribution in [3.05, 3.63) is 0 Å². The molecule has 0 aromatic heterocycles. The van der Waals surface area contributed by atoms with E-state index in [9.17, 15) is 19.5 Å². The van der Waals surface area contributed by atoms with Gasteiger partial charge in [-0.15, -0.1) is 0 Å². The standard InChI is InChI=1S/C23H35BrN2O6/c1-4-31-22(30)16-17-21(29)26(15(11-27)12(2)3)19(23(17)10-14(24)18(16)32-23)20(28)25-13-8-6-5-7-9-13/h12-19,27H,4-11H2,1-3H3,(H,25,28)/t14?,15-,16-,17+,18-,19-,23+/m0/s1. The Labute approximate surface area is 197 Å². The van der Waals surface area contributed by atoms with Crippen molar-refractivity contribution in [1.82, 2.24) is 10.2 Å². The first kappa shape index (κ1) is 24.0. The van der Waals surface area contributed by atoms with Crippen LogP contribution in [0.15, 0.2) is 0 Å². The number of fused-ring (bicyclic) bond motifs is 1. The van der Waals surface area contributed by atoms with E-state index in [1.54, 1.807) is 6.92 Å². The number of carbonyl (C=O) groups excluding carboxylic acids is 3. The summed E-state index contributed by atoms with van der Waals surface area (Å²) in [6, 6.07) is -1.34. The van der Waals surface area contributed by atoms with Gasteiger partial charge in [-0.3, -0.25) is 14.4 Å². The number of hydrogen-bond acceptors (Lipinski definition) is 6. The minimum absolute atomic E-state index is 0.0674. The summed E-state index contributed by atoms with van der Waals surface area (Å²) in [4.78, 5) is 41.9. The molecule has 3 aliphatic heterocycles. The SMILES string of the molecule is CCOC(=O)[C@@H]1[C@H]2O[C@@]3(CC2Br)[C@H](C(=O)NC2CCCCC2)N([C@@H](CO)C(C)C)C(=O)[C@@H]13. The molecule has 3 heterocycles. The number of alkyl halides is 1. The lowest BCUT2D eigenvalue weighted by Crippen LogP contribution is -2.60. The number of amides is 2. The van der Waals surface area contributed by atoms with Crippen LogP contribution in [0.2, 0.25) is 0 Å². The average molecular weight is 515 g/mol. The summed E-state index contributed by atoms with van der Waals surface area (Å²) >= 11 is 3.64. The molecule has 4 rings (SSSR count). The number of rotatable bonds is 7. The number of nitrogens with zero attached hydrogens (tertiary/aromatic N) is 1. The Morgan fingerprint density at radius 3 is 2.59 bits per heavy atom. The van der Waals surface area contributed by atoms with Crippen LogP contribution in [0.5, 0.6) is 0 Å². The molecule has 0 radical (unpaired) electrons. The molecule has 0 aromatic rings. The normalized spacial score (nSPS) is 37.6. The third-order valence-corrected chi connectivity index (χ3v) is 8.64. The van der Waals surface area contributed by atoms with Crippen molar-refractivity contribution in [2.75, 3.05) is 13.2 Å². The van der Waals surface area contributed by atoms with Gasteiger partial charge in [-0.25, -0.2) is 0 Å². The van der Waals surface area contributed by atoms with Crippen molar-refractivity contribution in [3.63, 3.8) is 0 Å². The average Bonchev–Trinajstić information content (AvgIpc) is 3.33. The molecule has 4 fully saturated rings. The van der Waals surface area contributed by atoms with Crippen LogP contribution < -0.4 is 5.32 Å². The number of carbonyl (C=O) groups is 3. The minimum Gasteiger partial charge on any atom is -0.466 e. The fraction of sp³-hybridized carbons (Fsp3) is 0.870. The maximum absolute atomic E-state index is 13.8. The lowest BCUT2D eigenvalue weighted by molar-refractivity contribution is -0.155. The zero-order chi connectivity index (χ0) is 23.2. The van der Waals surface area contributed by atoms with Gasteiger partial charge in [-0.1, -0.05) is 49.0 Å². The number of hydrogen-bond donors (Lipinski definition) is 2. The number of halogens is 1. The van der Waals surface area contributed by atoms with Gasteiger partial charge in [0.05, 0.1) is 37.2 Å². The summed E-state index contributed by atoms with van der Waals surface area (Å²) in [6.07, 6.45) is 5.11. The summed E-state index contributed by atoms with van der Waals surface area (Å²) in [6.45, 7) is 5.53. The molecule has 32 heavy (non-hydrogen) atoms. The number of aliphatic hydroxyl groups excluding tert-OH is 1. The molecular weight excluding hydrogens is 480 g/mol. The number of esters is 1. The molecule has 7 atom stereocenters. The van der Waals surface area contributed by atoms with Crippen molar-refractivity contribution < 1.29 is 29.0 Å². The molecule has 9 heteroatoms.